The summed E-state index contributed by atoms with van der Waals surface area (Å²) in [7, 11) is 0. The summed E-state index contributed by atoms with van der Waals surface area (Å²) in [5, 5.41) is 10.6. The van der Waals surface area contributed by atoms with Gasteiger partial charge in [0.2, 0.25) is 0 Å². The highest BCUT2D eigenvalue weighted by Crippen LogP contribution is 2.25. The number of phenols is 1. The largest absolute Gasteiger partial charge is 0.507 e. The molecule has 1 aliphatic heterocycles. The van der Waals surface area contributed by atoms with Gasteiger partial charge in [-0.2, -0.15) is 0 Å². The third-order valence-corrected chi connectivity index (χ3v) is 3.29. The highest BCUT2D eigenvalue weighted by atomic mass is 16.3. The lowest BCUT2D eigenvalue weighted by atomic mass is 10.2. The van der Waals surface area contributed by atoms with E-state index >= 15 is 0 Å². The van der Waals surface area contributed by atoms with Crippen molar-refractivity contribution in [3.05, 3.63) is 30.0 Å². The average molecular weight is 216 g/mol. The van der Waals surface area contributed by atoms with Crippen LogP contribution >= 0.6 is 0 Å². The molecule has 1 aliphatic rings. The summed E-state index contributed by atoms with van der Waals surface area (Å²) in [6.07, 6.45) is 2.62. The van der Waals surface area contributed by atoms with E-state index in [0.717, 1.165) is 17.4 Å². The summed E-state index contributed by atoms with van der Waals surface area (Å²) >= 11 is 0. The van der Waals surface area contributed by atoms with E-state index in [1.54, 1.807) is 6.07 Å². The molecule has 0 atom stereocenters. The lowest BCUT2D eigenvalue weighted by Crippen LogP contribution is -2.18. The molecule has 3 heteroatoms. The maximum absolute atomic E-state index is 9.71. The number of aromatic nitrogens is 1. The van der Waals surface area contributed by atoms with Gasteiger partial charge in [-0.15, -0.1) is 0 Å². The Hall–Kier alpha value is -1.48. The Kier molecular flexibility index (Phi) is 2.33. The highest BCUT2D eigenvalue weighted by Gasteiger charge is 2.13. The van der Waals surface area contributed by atoms with Gasteiger partial charge in [-0.3, -0.25) is 4.90 Å². The predicted octanol–water partition coefficient (Wildman–Crippen LogP) is 2.47. The van der Waals surface area contributed by atoms with Crippen molar-refractivity contribution in [3.63, 3.8) is 0 Å². The number of rotatable bonds is 2. The van der Waals surface area contributed by atoms with Crippen molar-refractivity contribution in [2.75, 3.05) is 13.1 Å². The Morgan fingerprint density at radius 2 is 2.06 bits per heavy atom. The van der Waals surface area contributed by atoms with E-state index < -0.39 is 0 Å². The second kappa shape index (κ2) is 3.83. The SMILES string of the molecule is Oc1cccc2[nH]c(CN3CCCC3)cc12. The summed E-state index contributed by atoms with van der Waals surface area (Å²) in [6, 6.07) is 7.66. The molecule has 0 unspecified atom stereocenters. The van der Waals surface area contributed by atoms with Crippen molar-refractivity contribution < 1.29 is 5.11 Å². The van der Waals surface area contributed by atoms with Crippen molar-refractivity contribution in [1.29, 1.82) is 0 Å². The number of benzene rings is 1. The van der Waals surface area contributed by atoms with E-state index in [0.29, 0.717) is 5.75 Å². The molecule has 1 fully saturated rings. The molecule has 1 saturated heterocycles. The van der Waals surface area contributed by atoms with E-state index in [1.165, 1.54) is 31.6 Å². The van der Waals surface area contributed by atoms with Crippen LogP contribution in [0.15, 0.2) is 24.3 Å². The molecule has 2 aromatic rings. The number of fused-ring (bicyclic) bond motifs is 1. The Labute approximate surface area is 94.7 Å². The topological polar surface area (TPSA) is 39.3 Å². The molecular formula is C13H16N2O. The first-order valence-electron chi connectivity index (χ1n) is 5.85. The van der Waals surface area contributed by atoms with Crippen molar-refractivity contribution >= 4 is 10.9 Å². The fourth-order valence-corrected chi connectivity index (χ4v) is 2.46. The molecule has 2 N–H and O–H groups in total. The molecule has 16 heavy (non-hydrogen) atoms. The van der Waals surface area contributed by atoms with Gasteiger partial charge in [-0.05, 0) is 44.1 Å². The molecule has 0 radical (unpaired) electrons. The number of likely N-dealkylation sites (tertiary alicyclic amines) is 1. The summed E-state index contributed by atoms with van der Waals surface area (Å²) in [5.41, 5.74) is 2.22. The molecule has 2 heterocycles. The minimum Gasteiger partial charge on any atom is -0.507 e. The van der Waals surface area contributed by atoms with E-state index in [2.05, 4.69) is 16.0 Å². The van der Waals surface area contributed by atoms with Gasteiger partial charge in [-0.1, -0.05) is 6.07 Å². The fourth-order valence-electron chi connectivity index (χ4n) is 2.46. The van der Waals surface area contributed by atoms with Crippen LogP contribution in [0.1, 0.15) is 18.5 Å². The molecule has 3 rings (SSSR count). The average Bonchev–Trinajstić information content (AvgIpc) is 2.88. The molecule has 0 aliphatic carbocycles. The Bertz CT molecular complexity index is 498. The van der Waals surface area contributed by atoms with Gasteiger partial charge in [0.25, 0.3) is 0 Å². The van der Waals surface area contributed by atoms with E-state index in [9.17, 15) is 5.11 Å². The number of nitrogens with zero attached hydrogens (tertiary/aromatic N) is 1. The number of nitrogens with one attached hydrogen (secondary N) is 1. The van der Waals surface area contributed by atoms with Crippen LogP contribution in [-0.2, 0) is 6.54 Å². The van der Waals surface area contributed by atoms with Crippen LogP contribution in [0.5, 0.6) is 5.75 Å². The highest BCUT2D eigenvalue weighted by molar-refractivity contribution is 5.86. The number of hydrogen-bond donors (Lipinski definition) is 2. The molecule has 0 amide bonds. The summed E-state index contributed by atoms with van der Waals surface area (Å²) in [5.74, 6) is 0.362. The van der Waals surface area contributed by atoms with Gasteiger partial charge in [-0.25, -0.2) is 0 Å². The van der Waals surface area contributed by atoms with Gasteiger partial charge in [0.05, 0.1) is 0 Å². The normalized spacial score (nSPS) is 17.2. The number of H-pyrrole nitrogens is 1. The second-order valence-corrected chi connectivity index (χ2v) is 4.52. The number of aromatic amines is 1. The standard InChI is InChI=1S/C13H16N2O/c16-13-5-3-4-12-11(13)8-10(14-12)9-15-6-1-2-7-15/h3-5,8,14,16H,1-2,6-7,9H2. The van der Waals surface area contributed by atoms with E-state index in [4.69, 9.17) is 0 Å². The first kappa shape index (κ1) is 9.73. The van der Waals surface area contributed by atoms with Crippen LogP contribution in [0.4, 0.5) is 0 Å². The van der Waals surface area contributed by atoms with Crippen LogP contribution in [0.25, 0.3) is 10.9 Å². The van der Waals surface area contributed by atoms with Gasteiger partial charge in [0.1, 0.15) is 5.75 Å². The first-order chi connectivity index (χ1) is 7.83. The van der Waals surface area contributed by atoms with E-state index in [1.807, 2.05) is 12.1 Å². The number of aromatic hydroxyl groups is 1. The smallest absolute Gasteiger partial charge is 0.124 e. The Morgan fingerprint density at radius 3 is 2.81 bits per heavy atom. The van der Waals surface area contributed by atoms with Crippen molar-refractivity contribution in [2.45, 2.75) is 19.4 Å². The van der Waals surface area contributed by atoms with Crippen LogP contribution in [0, 0.1) is 0 Å². The molecule has 3 nitrogen and oxygen atoms in total. The molecule has 0 saturated carbocycles. The van der Waals surface area contributed by atoms with Gasteiger partial charge in [0, 0.05) is 23.1 Å². The van der Waals surface area contributed by atoms with E-state index in [-0.39, 0.29) is 0 Å². The number of phenolic OH excluding ortho intramolecular Hbond substituents is 1. The molecule has 0 bridgehead atoms. The lowest BCUT2D eigenvalue weighted by Gasteiger charge is -2.12. The third kappa shape index (κ3) is 1.67. The monoisotopic (exact) mass is 216 g/mol. The Balaban J connectivity index is 1.90. The van der Waals surface area contributed by atoms with Crippen molar-refractivity contribution in [1.82, 2.24) is 9.88 Å². The van der Waals surface area contributed by atoms with Gasteiger partial charge >= 0.3 is 0 Å². The zero-order chi connectivity index (χ0) is 11.0. The number of hydrogen-bond acceptors (Lipinski definition) is 2. The molecule has 1 aromatic heterocycles. The molecule has 0 spiro atoms. The summed E-state index contributed by atoms with van der Waals surface area (Å²) in [6.45, 7) is 3.36. The minimum absolute atomic E-state index is 0.362. The van der Waals surface area contributed by atoms with Crippen LogP contribution in [0.2, 0.25) is 0 Å². The molecular weight excluding hydrogens is 200 g/mol. The predicted molar refractivity (Wildman–Crippen MR) is 64.5 cm³/mol. The van der Waals surface area contributed by atoms with Crippen LogP contribution < -0.4 is 0 Å². The van der Waals surface area contributed by atoms with Gasteiger partial charge in [0.15, 0.2) is 0 Å². The fraction of sp³-hybridized carbons (Fsp3) is 0.385. The van der Waals surface area contributed by atoms with Crippen molar-refractivity contribution in [3.8, 4) is 5.75 Å². The first-order valence-corrected chi connectivity index (χ1v) is 5.85. The van der Waals surface area contributed by atoms with Crippen LogP contribution in [0.3, 0.4) is 0 Å². The van der Waals surface area contributed by atoms with Crippen molar-refractivity contribution in [2.24, 2.45) is 0 Å². The lowest BCUT2D eigenvalue weighted by molar-refractivity contribution is 0.328. The summed E-state index contributed by atoms with van der Waals surface area (Å²) < 4.78 is 0. The van der Waals surface area contributed by atoms with Gasteiger partial charge < -0.3 is 10.1 Å². The maximum Gasteiger partial charge on any atom is 0.124 e. The summed E-state index contributed by atoms with van der Waals surface area (Å²) in [4.78, 5) is 5.81. The third-order valence-electron chi connectivity index (χ3n) is 3.29. The van der Waals surface area contributed by atoms with Crippen LogP contribution in [-0.4, -0.2) is 28.1 Å². The zero-order valence-corrected chi connectivity index (χ0v) is 9.24. The maximum atomic E-state index is 9.71. The minimum atomic E-state index is 0.362. The molecule has 1 aromatic carbocycles. The quantitative estimate of drug-likeness (QED) is 0.809. The molecule has 84 valence electrons. The second-order valence-electron chi connectivity index (χ2n) is 4.52. The Morgan fingerprint density at radius 1 is 1.25 bits per heavy atom. The zero-order valence-electron chi connectivity index (χ0n) is 9.24.